The first-order chi connectivity index (χ1) is 28.0. The van der Waals surface area contributed by atoms with Crippen molar-refractivity contribution >= 4 is 59.6 Å². The summed E-state index contributed by atoms with van der Waals surface area (Å²) in [5, 5.41) is 42.6. The average molecular weight is 845 g/mol. The lowest BCUT2D eigenvalue weighted by Crippen LogP contribution is -2.62. The van der Waals surface area contributed by atoms with Crippen molar-refractivity contribution in [3.05, 3.63) is 48.0 Å². The van der Waals surface area contributed by atoms with Crippen molar-refractivity contribution in [3.63, 3.8) is 0 Å². The van der Waals surface area contributed by atoms with Crippen LogP contribution in [0.15, 0.2) is 36.9 Å². The molecule has 6 atom stereocenters. The lowest BCUT2D eigenvalue weighted by atomic mass is 9.85. The maximum absolute atomic E-state index is 14.2. The average Bonchev–Trinajstić information content (AvgIpc) is 3.14. The van der Waals surface area contributed by atoms with Crippen molar-refractivity contribution in [2.24, 2.45) is 11.3 Å². The second-order valence-corrected chi connectivity index (χ2v) is 15.9. The summed E-state index contributed by atoms with van der Waals surface area (Å²) in [4.78, 5) is 127. The van der Waals surface area contributed by atoms with E-state index in [0.29, 0.717) is 24.7 Å². The molecule has 1 aromatic rings. The summed E-state index contributed by atoms with van der Waals surface area (Å²) in [7, 11) is 0. The first-order valence-corrected chi connectivity index (χ1v) is 19.6. The number of carboxylic acid groups (broad SMARTS) is 3. The molecule has 0 aliphatic carbocycles. The van der Waals surface area contributed by atoms with Gasteiger partial charge in [-0.2, -0.15) is 0 Å². The van der Waals surface area contributed by atoms with Gasteiger partial charge in [-0.15, -0.1) is 6.58 Å². The smallest absolute Gasteiger partial charge is 0.305 e. The van der Waals surface area contributed by atoms with Crippen LogP contribution in [0.25, 0.3) is 0 Å². The highest BCUT2D eigenvalue weighted by molar-refractivity contribution is 5.97. The summed E-state index contributed by atoms with van der Waals surface area (Å²) >= 11 is 0. The fraction of sp³-hybridized carbons (Fsp3) is 0.561. The molecule has 9 N–H and O–H groups in total. The van der Waals surface area contributed by atoms with Gasteiger partial charge in [-0.05, 0) is 55.1 Å². The van der Waals surface area contributed by atoms with Crippen molar-refractivity contribution in [1.29, 1.82) is 0 Å². The molecule has 6 amide bonds. The number of nitrogens with one attached hydrogen (secondary N) is 6. The van der Waals surface area contributed by atoms with Crippen LogP contribution >= 0.6 is 0 Å². The number of amides is 6. The van der Waals surface area contributed by atoms with E-state index >= 15 is 0 Å². The number of benzene rings is 1. The molecule has 0 spiro atoms. The molecule has 0 aliphatic heterocycles. The quantitative estimate of drug-likeness (QED) is 0.0440. The van der Waals surface area contributed by atoms with E-state index in [-0.39, 0.29) is 18.8 Å². The molecule has 0 heterocycles. The van der Waals surface area contributed by atoms with Crippen LogP contribution in [0.2, 0.25) is 0 Å². The molecule has 1 rings (SSSR count). The second kappa shape index (κ2) is 25.4. The van der Waals surface area contributed by atoms with Gasteiger partial charge in [0.15, 0.2) is 0 Å². The molecular formula is C41H60N6O13. The minimum atomic E-state index is -1.79. The van der Waals surface area contributed by atoms with E-state index in [2.05, 4.69) is 38.5 Å². The number of hydrogen-bond acceptors (Lipinski definition) is 10. The zero-order valence-electron chi connectivity index (χ0n) is 35.0. The molecule has 0 saturated carbocycles. The highest BCUT2D eigenvalue weighted by Gasteiger charge is 2.38. The van der Waals surface area contributed by atoms with Gasteiger partial charge in [0.05, 0.1) is 18.9 Å². The number of allylic oxidation sites excluding steroid dienone is 1. The number of aldehydes is 1. The summed E-state index contributed by atoms with van der Waals surface area (Å²) in [5.74, 6) is -9.74. The predicted molar refractivity (Wildman–Crippen MR) is 217 cm³/mol. The van der Waals surface area contributed by atoms with Crippen molar-refractivity contribution in [3.8, 4) is 0 Å². The predicted octanol–water partition coefficient (Wildman–Crippen LogP) is 0.908. The van der Waals surface area contributed by atoms with Crippen molar-refractivity contribution in [2.75, 3.05) is 0 Å². The maximum Gasteiger partial charge on any atom is 0.305 e. The number of carbonyl (C=O) groups excluding carboxylic acids is 7. The lowest BCUT2D eigenvalue weighted by molar-refractivity contribution is -0.142. The molecule has 332 valence electrons. The SMILES string of the molecule is C=CCC[C@@H](C=O)NC(=O)[C@H](CC(C)C)NC(=O)[C@@H](NC(=O)[C@H](Cc1ccccc1C)NC(=O)[C@H](CCC(=O)O)NC(=O)[C@H](CC(=O)O)NC(=O)CCC(=O)O)C(C)(C)C. The third-order valence-electron chi connectivity index (χ3n) is 9.12. The molecular weight excluding hydrogens is 784 g/mol. The summed E-state index contributed by atoms with van der Waals surface area (Å²) in [6.07, 6.45) is -0.417. The van der Waals surface area contributed by atoms with Crippen LogP contribution in [-0.4, -0.2) is 111 Å². The molecule has 0 aliphatic rings. The summed E-state index contributed by atoms with van der Waals surface area (Å²) in [6.45, 7) is 14.0. The topological polar surface area (TPSA) is 304 Å². The Morgan fingerprint density at radius 3 is 1.75 bits per heavy atom. The van der Waals surface area contributed by atoms with Gasteiger partial charge in [-0.25, -0.2) is 0 Å². The Bertz CT molecular complexity index is 1720. The van der Waals surface area contributed by atoms with Crippen LogP contribution in [0, 0.1) is 18.3 Å². The normalized spacial score (nSPS) is 14.1. The molecule has 0 saturated heterocycles. The van der Waals surface area contributed by atoms with Gasteiger partial charge in [0.25, 0.3) is 0 Å². The van der Waals surface area contributed by atoms with Crippen LogP contribution < -0.4 is 31.9 Å². The van der Waals surface area contributed by atoms with E-state index in [1.807, 2.05) is 13.8 Å². The highest BCUT2D eigenvalue weighted by Crippen LogP contribution is 2.21. The monoisotopic (exact) mass is 844 g/mol. The second-order valence-electron chi connectivity index (χ2n) is 15.9. The fourth-order valence-electron chi connectivity index (χ4n) is 5.85. The standard InChI is InChI=1S/C41H60N6O13/c1-8-9-14-26(22-48)42-37(57)28(19-23(2)3)46-40(60)35(41(5,6)7)47-39(59)29(20-25-13-11-10-12-24(25)4)45-36(56)27(15-17-32(50)51)44-38(58)30(21-34(54)55)43-31(49)16-18-33(52)53/h8,10-13,22-23,26-30,35H,1,9,14-21H2,2-7H3,(H,42,57)(H,43,49)(H,44,58)(H,45,56)(H,46,60)(H,47,59)(H,50,51)(H,52,53)(H,54,55)/t26-,27-,28-,29-,30-,35+/m0/s1. The van der Waals surface area contributed by atoms with Crippen LogP contribution in [0.4, 0.5) is 0 Å². The van der Waals surface area contributed by atoms with E-state index in [1.165, 1.54) is 0 Å². The van der Waals surface area contributed by atoms with Gasteiger partial charge < -0.3 is 52.0 Å². The van der Waals surface area contributed by atoms with Crippen LogP contribution in [0.3, 0.4) is 0 Å². The van der Waals surface area contributed by atoms with Crippen LogP contribution in [-0.2, 0) is 54.4 Å². The first kappa shape index (κ1) is 51.9. The number of carbonyl (C=O) groups is 10. The number of rotatable bonds is 27. The zero-order valence-corrected chi connectivity index (χ0v) is 35.0. The van der Waals surface area contributed by atoms with Gasteiger partial charge in [0, 0.05) is 19.3 Å². The van der Waals surface area contributed by atoms with Gasteiger partial charge in [0.1, 0.15) is 36.5 Å². The minimum absolute atomic E-state index is 0.0811. The minimum Gasteiger partial charge on any atom is -0.481 e. The van der Waals surface area contributed by atoms with Gasteiger partial charge in [0.2, 0.25) is 35.4 Å². The number of aliphatic carboxylic acids is 3. The Morgan fingerprint density at radius 2 is 1.22 bits per heavy atom. The van der Waals surface area contributed by atoms with Gasteiger partial charge in [-0.3, -0.25) is 43.2 Å². The van der Waals surface area contributed by atoms with Crippen molar-refractivity contribution in [2.45, 2.75) is 136 Å². The molecule has 19 heteroatoms. The number of aryl methyl sites for hydroxylation is 1. The van der Waals surface area contributed by atoms with E-state index in [4.69, 9.17) is 5.11 Å². The van der Waals surface area contributed by atoms with Crippen LogP contribution in [0.1, 0.15) is 97.1 Å². The first-order valence-electron chi connectivity index (χ1n) is 19.6. The Labute approximate surface area is 349 Å². The summed E-state index contributed by atoms with van der Waals surface area (Å²) in [5.41, 5.74) is 0.336. The molecule has 1 aromatic carbocycles. The van der Waals surface area contributed by atoms with Gasteiger partial charge in [-0.1, -0.05) is 65.0 Å². The Kier molecular flexibility index (Phi) is 21.9. The zero-order chi connectivity index (χ0) is 45.7. The largest absolute Gasteiger partial charge is 0.481 e. The van der Waals surface area contributed by atoms with E-state index in [9.17, 15) is 58.2 Å². The number of carboxylic acids is 3. The molecule has 0 radical (unpaired) electrons. The van der Waals surface area contributed by atoms with E-state index < -0.39 is 127 Å². The molecule has 19 nitrogen and oxygen atoms in total. The Morgan fingerprint density at radius 1 is 0.667 bits per heavy atom. The molecule has 0 unspecified atom stereocenters. The van der Waals surface area contributed by atoms with E-state index in [1.54, 1.807) is 58.0 Å². The summed E-state index contributed by atoms with van der Waals surface area (Å²) in [6, 6.07) is -1.29. The molecule has 0 bridgehead atoms. The van der Waals surface area contributed by atoms with Crippen molar-refractivity contribution < 1.29 is 63.3 Å². The van der Waals surface area contributed by atoms with Gasteiger partial charge >= 0.3 is 17.9 Å². The molecule has 60 heavy (non-hydrogen) atoms. The summed E-state index contributed by atoms with van der Waals surface area (Å²) < 4.78 is 0. The fourth-order valence-corrected chi connectivity index (χ4v) is 5.85. The van der Waals surface area contributed by atoms with Crippen LogP contribution in [0.5, 0.6) is 0 Å². The highest BCUT2D eigenvalue weighted by atomic mass is 16.4. The van der Waals surface area contributed by atoms with E-state index in [0.717, 1.165) is 5.56 Å². The third-order valence-corrected chi connectivity index (χ3v) is 9.12. The third kappa shape index (κ3) is 19.5. The Hall–Kier alpha value is -6.14. The van der Waals surface area contributed by atoms with Crippen molar-refractivity contribution in [1.82, 2.24) is 31.9 Å². The Balaban J connectivity index is 3.54. The maximum atomic E-state index is 14.2. The lowest BCUT2D eigenvalue weighted by Gasteiger charge is -2.33. The molecule has 0 aromatic heterocycles. The molecule has 0 fully saturated rings. The number of hydrogen-bond donors (Lipinski definition) is 9.